The second kappa shape index (κ2) is 10.6. The van der Waals surface area contributed by atoms with Gasteiger partial charge in [0.1, 0.15) is 0 Å². The molecule has 0 heterocycles. The highest BCUT2D eigenvalue weighted by molar-refractivity contribution is 6.30. The predicted octanol–water partition coefficient (Wildman–Crippen LogP) is 4.14. The summed E-state index contributed by atoms with van der Waals surface area (Å²) in [6.07, 6.45) is 0.986. The lowest BCUT2D eigenvalue weighted by Crippen LogP contribution is -2.39. The van der Waals surface area contributed by atoms with Crippen LogP contribution >= 0.6 is 11.6 Å². The fourth-order valence-corrected chi connectivity index (χ4v) is 2.96. The molecule has 1 unspecified atom stereocenters. The molecule has 27 heavy (non-hydrogen) atoms. The molecule has 5 nitrogen and oxygen atoms in total. The lowest BCUT2D eigenvalue weighted by molar-refractivity contribution is -0.121. The van der Waals surface area contributed by atoms with Gasteiger partial charge in [-0.15, -0.1) is 0 Å². The fourth-order valence-electron chi connectivity index (χ4n) is 2.76. The van der Waals surface area contributed by atoms with Crippen molar-refractivity contribution in [1.82, 2.24) is 15.5 Å². The van der Waals surface area contributed by atoms with Gasteiger partial charge in [-0.1, -0.05) is 61.0 Å². The Morgan fingerprint density at radius 2 is 1.85 bits per heavy atom. The lowest BCUT2D eigenvalue weighted by Gasteiger charge is -2.19. The molecule has 0 aliphatic heterocycles. The van der Waals surface area contributed by atoms with E-state index in [9.17, 15) is 9.59 Å². The Bertz CT molecular complexity index is 752. The van der Waals surface area contributed by atoms with Crippen LogP contribution in [-0.2, 0) is 11.3 Å². The zero-order chi connectivity index (χ0) is 19.6. The first-order chi connectivity index (χ1) is 13.0. The van der Waals surface area contributed by atoms with E-state index in [1.807, 2.05) is 55.5 Å². The number of nitrogens with one attached hydrogen (secondary N) is 2. The Morgan fingerprint density at radius 1 is 1.11 bits per heavy atom. The molecule has 0 saturated carbocycles. The Hall–Kier alpha value is -2.53. The third-order valence-corrected chi connectivity index (χ3v) is 4.47. The summed E-state index contributed by atoms with van der Waals surface area (Å²) < 4.78 is 0. The van der Waals surface area contributed by atoms with Crippen LogP contribution in [0.1, 0.15) is 36.9 Å². The van der Waals surface area contributed by atoms with Crippen molar-refractivity contribution in [2.24, 2.45) is 0 Å². The first-order valence-corrected chi connectivity index (χ1v) is 9.45. The molecule has 0 fully saturated rings. The van der Waals surface area contributed by atoms with Gasteiger partial charge < -0.3 is 15.5 Å². The topological polar surface area (TPSA) is 61.4 Å². The fraction of sp³-hybridized carbons (Fsp3) is 0.333. The Kier molecular flexibility index (Phi) is 8.14. The van der Waals surface area contributed by atoms with Gasteiger partial charge in [0.25, 0.3) is 0 Å². The average Bonchev–Trinajstić information content (AvgIpc) is 2.66. The normalized spacial score (nSPS) is 11.5. The second-order valence-corrected chi connectivity index (χ2v) is 6.84. The summed E-state index contributed by atoms with van der Waals surface area (Å²) in [5.41, 5.74) is 2.03. The summed E-state index contributed by atoms with van der Waals surface area (Å²) in [5.74, 6) is -0.104. The van der Waals surface area contributed by atoms with E-state index < -0.39 is 0 Å². The van der Waals surface area contributed by atoms with E-state index in [-0.39, 0.29) is 30.9 Å². The molecule has 0 aliphatic rings. The number of hydrogen-bond acceptors (Lipinski definition) is 2. The van der Waals surface area contributed by atoms with Crippen molar-refractivity contribution in [3.63, 3.8) is 0 Å². The van der Waals surface area contributed by atoms with Gasteiger partial charge in [0, 0.05) is 31.6 Å². The van der Waals surface area contributed by atoms with Crippen molar-refractivity contribution in [1.29, 1.82) is 0 Å². The Balaban J connectivity index is 1.75. The zero-order valence-electron chi connectivity index (χ0n) is 15.7. The van der Waals surface area contributed by atoms with Crippen molar-refractivity contribution in [3.05, 3.63) is 70.7 Å². The molecule has 0 aliphatic carbocycles. The van der Waals surface area contributed by atoms with Crippen LogP contribution in [0, 0.1) is 0 Å². The minimum Gasteiger partial charge on any atom is -0.349 e. The summed E-state index contributed by atoms with van der Waals surface area (Å²) in [6, 6.07) is 16.9. The molecule has 2 N–H and O–H groups in total. The Morgan fingerprint density at radius 3 is 2.52 bits per heavy atom. The third kappa shape index (κ3) is 6.94. The van der Waals surface area contributed by atoms with Gasteiger partial charge in [-0.2, -0.15) is 0 Å². The first kappa shape index (κ1) is 20.8. The van der Waals surface area contributed by atoms with Gasteiger partial charge in [-0.25, -0.2) is 4.79 Å². The molecule has 0 saturated heterocycles. The van der Waals surface area contributed by atoms with E-state index >= 15 is 0 Å². The van der Waals surface area contributed by atoms with Crippen LogP contribution in [0.25, 0.3) is 0 Å². The summed E-state index contributed by atoms with van der Waals surface area (Å²) in [4.78, 5) is 25.9. The second-order valence-electron chi connectivity index (χ2n) is 6.41. The van der Waals surface area contributed by atoms with Crippen LogP contribution in [0.3, 0.4) is 0 Å². The van der Waals surface area contributed by atoms with E-state index in [4.69, 9.17) is 11.6 Å². The standard InChI is InChI=1S/C21H26ClN3O2/c1-3-19(17-10-7-11-18(22)14-17)24-20(26)12-13-23-21(27)25(2)15-16-8-5-4-6-9-16/h4-11,14,19H,3,12-13,15H2,1-2H3,(H,23,27)(H,24,26). The maximum atomic E-state index is 12.2. The van der Waals surface area contributed by atoms with E-state index in [0.29, 0.717) is 11.6 Å². The van der Waals surface area contributed by atoms with Crippen LogP contribution in [0.5, 0.6) is 0 Å². The van der Waals surface area contributed by atoms with Crippen molar-refractivity contribution in [3.8, 4) is 0 Å². The van der Waals surface area contributed by atoms with Crippen LogP contribution in [-0.4, -0.2) is 30.4 Å². The number of rotatable bonds is 8. The smallest absolute Gasteiger partial charge is 0.317 e. The highest BCUT2D eigenvalue weighted by Crippen LogP contribution is 2.20. The number of amides is 3. The van der Waals surface area contributed by atoms with Gasteiger partial charge in [0.05, 0.1) is 6.04 Å². The van der Waals surface area contributed by atoms with Gasteiger partial charge in [0.15, 0.2) is 0 Å². The molecule has 0 spiro atoms. The zero-order valence-corrected chi connectivity index (χ0v) is 16.5. The van der Waals surface area contributed by atoms with E-state index in [1.165, 1.54) is 0 Å². The van der Waals surface area contributed by atoms with Gasteiger partial charge in [-0.05, 0) is 29.7 Å². The van der Waals surface area contributed by atoms with Crippen LogP contribution in [0.2, 0.25) is 5.02 Å². The van der Waals surface area contributed by atoms with Crippen molar-refractivity contribution >= 4 is 23.5 Å². The van der Waals surface area contributed by atoms with E-state index in [0.717, 1.165) is 17.5 Å². The minimum atomic E-state index is -0.200. The lowest BCUT2D eigenvalue weighted by atomic mass is 10.0. The summed E-state index contributed by atoms with van der Waals surface area (Å²) in [7, 11) is 1.73. The number of nitrogens with zero attached hydrogens (tertiary/aromatic N) is 1. The number of halogens is 1. The molecule has 6 heteroatoms. The summed E-state index contributed by atoms with van der Waals surface area (Å²) in [6.45, 7) is 2.81. The quantitative estimate of drug-likeness (QED) is 0.715. The monoisotopic (exact) mass is 387 g/mol. The SMILES string of the molecule is CCC(NC(=O)CCNC(=O)N(C)Cc1ccccc1)c1cccc(Cl)c1. The molecule has 0 bridgehead atoms. The highest BCUT2D eigenvalue weighted by Gasteiger charge is 2.14. The molecule has 2 aromatic carbocycles. The molecule has 0 radical (unpaired) electrons. The van der Waals surface area contributed by atoms with Crippen molar-refractivity contribution in [2.45, 2.75) is 32.4 Å². The van der Waals surface area contributed by atoms with Crippen LogP contribution in [0.4, 0.5) is 4.79 Å². The third-order valence-electron chi connectivity index (χ3n) is 4.23. The van der Waals surface area contributed by atoms with Crippen molar-refractivity contribution in [2.75, 3.05) is 13.6 Å². The average molecular weight is 388 g/mol. The number of benzene rings is 2. The number of carbonyl (C=O) groups is 2. The van der Waals surface area contributed by atoms with E-state index in [2.05, 4.69) is 10.6 Å². The molecule has 2 aromatic rings. The summed E-state index contributed by atoms with van der Waals surface area (Å²) >= 11 is 6.02. The first-order valence-electron chi connectivity index (χ1n) is 9.07. The van der Waals surface area contributed by atoms with Gasteiger partial charge >= 0.3 is 6.03 Å². The molecule has 0 aromatic heterocycles. The minimum absolute atomic E-state index is 0.0901. The molecular weight excluding hydrogens is 362 g/mol. The summed E-state index contributed by atoms with van der Waals surface area (Å²) in [5, 5.41) is 6.42. The van der Waals surface area contributed by atoms with Crippen LogP contribution in [0.15, 0.2) is 54.6 Å². The molecule has 3 amide bonds. The van der Waals surface area contributed by atoms with Crippen molar-refractivity contribution < 1.29 is 9.59 Å². The number of carbonyl (C=O) groups excluding carboxylic acids is 2. The van der Waals surface area contributed by atoms with Crippen LogP contribution < -0.4 is 10.6 Å². The molecule has 144 valence electrons. The van der Waals surface area contributed by atoms with Gasteiger partial charge in [0.2, 0.25) is 5.91 Å². The maximum absolute atomic E-state index is 12.2. The number of urea groups is 1. The molecular formula is C21H26ClN3O2. The van der Waals surface area contributed by atoms with E-state index in [1.54, 1.807) is 18.0 Å². The predicted molar refractivity (Wildman–Crippen MR) is 109 cm³/mol. The molecule has 1 atom stereocenters. The molecule has 2 rings (SSSR count). The Labute approximate surface area is 165 Å². The highest BCUT2D eigenvalue weighted by atomic mass is 35.5. The van der Waals surface area contributed by atoms with Gasteiger partial charge in [-0.3, -0.25) is 4.79 Å². The largest absolute Gasteiger partial charge is 0.349 e. The number of hydrogen-bond donors (Lipinski definition) is 2. The maximum Gasteiger partial charge on any atom is 0.317 e.